The van der Waals surface area contributed by atoms with Crippen molar-refractivity contribution in [2.24, 2.45) is 5.92 Å². The maximum absolute atomic E-state index is 12.0. The number of ether oxygens (including phenoxy) is 1. The van der Waals surface area contributed by atoms with Gasteiger partial charge in [-0.3, -0.25) is 10.1 Å². The number of hydrogen-bond donors (Lipinski definition) is 1. The van der Waals surface area contributed by atoms with E-state index >= 15 is 0 Å². The summed E-state index contributed by atoms with van der Waals surface area (Å²) in [5.74, 6) is 0.754. The maximum Gasteiger partial charge on any atom is 0.325 e. The molecule has 0 heterocycles. The van der Waals surface area contributed by atoms with E-state index in [1.807, 2.05) is 6.92 Å². The van der Waals surface area contributed by atoms with Gasteiger partial charge < -0.3 is 9.64 Å². The molecule has 0 bridgehead atoms. The molecule has 4 heteroatoms. The summed E-state index contributed by atoms with van der Waals surface area (Å²) in [4.78, 5) is 14.6. The minimum Gasteiger partial charge on any atom is -0.468 e. The fourth-order valence-electron chi connectivity index (χ4n) is 3.17. The number of nitrogens with one attached hydrogen (secondary N) is 1. The molecule has 0 aromatic rings. The second-order valence-corrected chi connectivity index (χ2v) is 6.92. The van der Waals surface area contributed by atoms with Gasteiger partial charge in [-0.2, -0.15) is 0 Å². The maximum atomic E-state index is 12.0. The van der Waals surface area contributed by atoms with Crippen LogP contribution in [0, 0.1) is 5.92 Å². The number of nitrogens with zero attached hydrogens (tertiary/aromatic N) is 1. The topological polar surface area (TPSA) is 41.6 Å². The highest BCUT2D eigenvalue weighted by atomic mass is 16.5. The quantitative estimate of drug-likeness (QED) is 0.630. The third-order valence-electron chi connectivity index (χ3n) is 4.58. The van der Waals surface area contributed by atoms with Crippen LogP contribution in [-0.4, -0.2) is 49.2 Å². The number of methoxy groups -OCH3 is 1. The lowest BCUT2D eigenvalue weighted by molar-refractivity contribution is -0.148. The summed E-state index contributed by atoms with van der Waals surface area (Å²) in [6, 6.07) is 0.270. The van der Waals surface area contributed by atoms with E-state index in [0.29, 0.717) is 0 Å². The van der Waals surface area contributed by atoms with Gasteiger partial charge in [-0.25, -0.2) is 0 Å². The molecule has 0 aromatic heterocycles. The van der Waals surface area contributed by atoms with Crippen LogP contribution in [0.5, 0.6) is 0 Å². The zero-order valence-electron chi connectivity index (χ0n) is 14.6. The number of esters is 1. The molecule has 4 nitrogen and oxygen atoms in total. The van der Waals surface area contributed by atoms with Crippen LogP contribution in [0.25, 0.3) is 0 Å². The van der Waals surface area contributed by atoms with E-state index in [4.69, 9.17) is 4.74 Å². The molecule has 1 atom stereocenters. The first-order chi connectivity index (χ1) is 9.91. The fraction of sp³-hybridized carbons (Fsp3) is 0.941. The van der Waals surface area contributed by atoms with Crippen LogP contribution in [-0.2, 0) is 9.53 Å². The first-order valence-electron chi connectivity index (χ1n) is 8.49. The van der Waals surface area contributed by atoms with Crippen molar-refractivity contribution in [2.45, 2.75) is 71.4 Å². The normalized spacial score (nSPS) is 18.6. The average molecular weight is 298 g/mol. The van der Waals surface area contributed by atoms with E-state index in [0.717, 1.165) is 31.8 Å². The minimum absolute atomic E-state index is 0.154. The summed E-state index contributed by atoms with van der Waals surface area (Å²) in [5.41, 5.74) is -0.571. The summed E-state index contributed by atoms with van der Waals surface area (Å²) < 4.78 is 4.98. The lowest BCUT2D eigenvalue weighted by atomic mass is 9.85. The third-order valence-corrected chi connectivity index (χ3v) is 4.58. The van der Waals surface area contributed by atoms with E-state index in [1.165, 1.54) is 32.9 Å². The lowest BCUT2D eigenvalue weighted by Gasteiger charge is -2.33. The van der Waals surface area contributed by atoms with Gasteiger partial charge in [0.05, 0.1) is 7.11 Å². The Morgan fingerprint density at radius 1 is 1.43 bits per heavy atom. The second kappa shape index (κ2) is 8.74. The van der Waals surface area contributed by atoms with Gasteiger partial charge in [0.1, 0.15) is 5.54 Å². The van der Waals surface area contributed by atoms with E-state index in [9.17, 15) is 4.79 Å². The molecule has 1 fully saturated rings. The van der Waals surface area contributed by atoms with Gasteiger partial charge in [0.2, 0.25) is 0 Å². The summed E-state index contributed by atoms with van der Waals surface area (Å²) >= 11 is 0. The number of carbonyl (C=O) groups excluding carboxylic acids is 1. The second-order valence-electron chi connectivity index (χ2n) is 6.92. The summed E-state index contributed by atoms with van der Waals surface area (Å²) in [7, 11) is 1.47. The summed E-state index contributed by atoms with van der Waals surface area (Å²) in [6.45, 7) is 11.7. The summed E-state index contributed by atoms with van der Waals surface area (Å²) in [6.07, 6.45) is 6.03. The zero-order chi connectivity index (χ0) is 15.9. The van der Waals surface area contributed by atoms with Crippen LogP contribution in [0.2, 0.25) is 0 Å². The highest BCUT2D eigenvalue weighted by Gasteiger charge is 2.34. The SMILES string of the molecule is CCN(CCCC(C)(NC(C)C)C(=O)OC)CC1CCC1. The van der Waals surface area contributed by atoms with Crippen LogP contribution >= 0.6 is 0 Å². The predicted octanol–water partition coefficient (Wildman–Crippen LogP) is 2.82. The van der Waals surface area contributed by atoms with Gasteiger partial charge in [0.15, 0.2) is 0 Å². The lowest BCUT2D eigenvalue weighted by Crippen LogP contribution is -2.53. The predicted molar refractivity (Wildman–Crippen MR) is 87.4 cm³/mol. The Kier molecular flexibility index (Phi) is 7.67. The highest BCUT2D eigenvalue weighted by molar-refractivity contribution is 5.80. The molecule has 1 unspecified atom stereocenters. The van der Waals surface area contributed by atoms with E-state index in [1.54, 1.807) is 0 Å². The monoisotopic (exact) mass is 298 g/mol. The third kappa shape index (κ3) is 5.95. The molecule has 0 radical (unpaired) electrons. The Hall–Kier alpha value is -0.610. The van der Waals surface area contributed by atoms with Gasteiger partial charge >= 0.3 is 5.97 Å². The standard InChI is InChI=1S/C17H34N2O2/c1-6-19(13-15-9-7-10-15)12-8-11-17(4,16(20)21-5)18-14(2)3/h14-15,18H,6-13H2,1-5H3. The van der Waals surface area contributed by atoms with Gasteiger partial charge in [-0.15, -0.1) is 0 Å². The molecule has 0 aromatic carbocycles. The molecule has 1 aliphatic carbocycles. The molecule has 0 spiro atoms. The Morgan fingerprint density at radius 2 is 2.10 bits per heavy atom. The molecular weight excluding hydrogens is 264 g/mol. The smallest absolute Gasteiger partial charge is 0.325 e. The Bertz CT molecular complexity index is 316. The van der Waals surface area contributed by atoms with Crippen LogP contribution in [0.4, 0.5) is 0 Å². The van der Waals surface area contributed by atoms with Crippen LogP contribution in [0.3, 0.4) is 0 Å². The number of carbonyl (C=O) groups is 1. The highest BCUT2D eigenvalue weighted by Crippen LogP contribution is 2.27. The molecule has 1 aliphatic rings. The van der Waals surface area contributed by atoms with Crippen molar-refractivity contribution in [3.8, 4) is 0 Å². The van der Waals surface area contributed by atoms with Crippen molar-refractivity contribution in [1.29, 1.82) is 0 Å². The molecular formula is C17H34N2O2. The van der Waals surface area contributed by atoms with Crippen molar-refractivity contribution in [3.05, 3.63) is 0 Å². The van der Waals surface area contributed by atoms with Gasteiger partial charge in [0, 0.05) is 12.6 Å². The average Bonchev–Trinajstić information content (AvgIpc) is 2.38. The van der Waals surface area contributed by atoms with E-state index in [-0.39, 0.29) is 12.0 Å². The fourth-order valence-corrected chi connectivity index (χ4v) is 3.17. The van der Waals surface area contributed by atoms with Crippen molar-refractivity contribution in [2.75, 3.05) is 26.7 Å². The first kappa shape index (κ1) is 18.4. The van der Waals surface area contributed by atoms with Crippen molar-refractivity contribution in [1.82, 2.24) is 10.2 Å². The van der Waals surface area contributed by atoms with Crippen molar-refractivity contribution < 1.29 is 9.53 Å². The molecule has 0 aliphatic heterocycles. The molecule has 124 valence electrons. The number of rotatable bonds is 10. The van der Waals surface area contributed by atoms with Gasteiger partial charge in [-0.1, -0.05) is 13.3 Å². The molecule has 21 heavy (non-hydrogen) atoms. The molecule has 1 rings (SSSR count). The van der Waals surface area contributed by atoms with Crippen molar-refractivity contribution >= 4 is 5.97 Å². The van der Waals surface area contributed by atoms with Gasteiger partial charge in [0.25, 0.3) is 0 Å². The minimum atomic E-state index is -0.571. The molecule has 0 saturated heterocycles. The Labute approximate surface area is 130 Å². The Balaban J connectivity index is 2.41. The van der Waals surface area contributed by atoms with Crippen LogP contribution in [0.15, 0.2) is 0 Å². The van der Waals surface area contributed by atoms with E-state index in [2.05, 4.69) is 31.0 Å². The van der Waals surface area contributed by atoms with Crippen molar-refractivity contribution in [3.63, 3.8) is 0 Å². The largest absolute Gasteiger partial charge is 0.468 e. The van der Waals surface area contributed by atoms with Crippen LogP contribution in [0.1, 0.15) is 59.8 Å². The van der Waals surface area contributed by atoms with E-state index < -0.39 is 5.54 Å². The summed E-state index contributed by atoms with van der Waals surface area (Å²) in [5, 5.41) is 3.37. The molecule has 1 N–H and O–H groups in total. The Morgan fingerprint density at radius 3 is 2.52 bits per heavy atom. The molecule has 0 amide bonds. The number of hydrogen-bond acceptors (Lipinski definition) is 4. The van der Waals surface area contributed by atoms with Crippen LogP contribution < -0.4 is 5.32 Å². The van der Waals surface area contributed by atoms with Gasteiger partial charge in [-0.05, 0) is 65.5 Å². The molecule has 1 saturated carbocycles. The zero-order valence-corrected chi connectivity index (χ0v) is 14.6. The first-order valence-corrected chi connectivity index (χ1v) is 8.49.